The Hall–Kier alpha value is -1.64. The zero-order valence-corrected chi connectivity index (χ0v) is 11.7. The normalized spacial score (nSPS) is 25.7. The second-order valence-corrected chi connectivity index (χ2v) is 6.41. The van der Waals surface area contributed by atoms with Gasteiger partial charge >= 0.3 is 0 Å². The smallest absolute Gasteiger partial charge is 0.0564 e. The van der Waals surface area contributed by atoms with Gasteiger partial charge in [-0.25, -0.2) is 0 Å². The molecule has 1 heterocycles. The van der Waals surface area contributed by atoms with Gasteiger partial charge in [-0.1, -0.05) is 30.3 Å². The predicted molar refractivity (Wildman–Crippen MR) is 80.7 cm³/mol. The van der Waals surface area contributed by atoms with Gasteiger partial charge in [0.05, 0.1) is 6.04 Å². The van der Waals surface area contributed by atoms with Crippen LogP contribution in [0, 0.1) is 0 Å². The maximum atomic E-state index is 6.50. The van der Waals surface area contributed by atoms with Crippen LogP contribution in [0.3, 0.4) is 0 Å². The second kappa shape index (κ2) is 3.51. The summed E-state index contributed by atoms with van der Waals surface area (Å²) in [6.07, 6.45) is 2.30. The maximum absolute atomic E-state index is 6.50. The van der Waals surface area contributed by atoms with E-state index in [0.29, 0.717) is 6.04 Å². The van der Waals surface area contributed by atoms with Crippen molar-refractivity contribution in [3.05, 3.63) is 58.1 Å². The van der Waals surface area contributed by atoms with Crippen molar-refractivity contribution in [2.75, 3.05) is 13.6 Å². The molecule has 0 bridgehead atoms. The van der Waals surface area contributed by atoms with Crippen LogP contribution in [0.15, 0.2) is 30.3 Å². The lowest BCUT2D eigenvalue weighted by molar-refractivity contribution is 0.228. The molecule has 2 aliphatic carbocycles. The van der Waals surface area contributed by atoms with E-state index in [1.54, 1.807) is 11.1 Å². The highest BCUT2D eigenvalue weighted by Gasteiger charge is 2.39. The van der Waals surface area contributed by atoms with Gasteiger partial charge in [0.15, 0.2) is 0 Å². The lowest BCUT2D eigenvalue weighted by atomic mass is 9.77. The Morgan fingerprint density at radius 1 is 1.05 bits per heavy atom. The zero-order chi connectivity index (χ0) is 13.4. The van der Waals surface area contributed by atoms with Gasteiger partial charge in [0, 0.05) is 12.6 Å². The molecule has 0 amide bonds. The summed E-state index contributed by atoms with van der Waals surface area (Å²) in [5.74, 6) is 0. The highest BCUT2D eigenvalue weighted by molar-refractivity contribution is 5.86. The lowest BCUT2D eigenvalue weighted by Crippen LogP contribution is -2.35. The van der Waals surface area contributed by atoms with Gasteiger partial charge < -0.3 is 5.73 Å². The number of hydrogen-bond acceptors (Lipinski definition) is 2. The third kappa shape index (κ3) is 1.13. The van der Waals surface area contributed by atoms with Crippen molar-refractivity contribution in [3.8, 4) is 11.1 Å². The number of nitrogens with two attached hydrogens (primary N) is 1. The van der Waals surface area contributed by atoms with Crippen molar-refractivity contribution < 1.29 is 0 Å². The molecule has 0 fully saturated rings. The van der Waals surface area contributed by atoms with E-state index in [0.717, 1.165) is 13.0 Å². The first kappa shape index (κ1) is 11.1. The minimum Gasteiger partial charge on any atom is -0.320 e. The predicted octanol–water partition coefficient (Wildman–Crippen LogP) is 2.80. The summed E-state index contributed by atoms with van der Waals surface area (Å²) in [5, 5.41) is 0. The number of benzene rings is 2. The van der Waals surface area contributed by atoms with Gasteiger partial charge in [0.1, 0.15) is 0 Å². The molecule has 100 valence electrons. The summed E-state index contributed by atoms with van der Waals surface area (Å²) in [6, 6.07) is 11.9. The Bertz CT molecular complexity index is 747. The zero-order valence-electron chi connectivity index (χ0n) is 11.7. The molecule has 2 unspecified atom stereocenters. The molecule has 2 heteroatoms. The lowest BCUT2D eigenvalue weighted by Gasteiger charge is -2.39. The Balaban J connectivity index is 1.94. The molecule has 0 spiro atoms. The van der Waals surface area contributed by atoms with Crippen LogP contribution in [0.5, 0.6) is 0 Å². The largest absolute Gasteiger partial charge is 0.320 e. The molecule has 0 radical (unpaired) electrons. The quantitative estimate of drug-likeness (QED) is 0.791. The summed E-state index contributed by atoms with van der Waals surface area (Å²) in [7, 11) is 2.26. The van der Waals surface area contributed by atoms with Gasteiger partial charge in [0.25, 0.3) is 0 Å². The third-order valence-electron chi connectivity index (χ3n) is 5.48. The second-order valence-electron chi connectivity index (χ2n) is 6.41. The van der Waals surface area contributed by atoms with E-state index in [1.807, 2.05) is 0 Å². The molecule has 0 aromatic heterocycles. The van der Waals surface area contributed by atoms with Gasteiger partial charge in [-0.2, -0.15) is 0 Å². The van der Waals surface area contributed by atoms with Crippen molar-refractivity contribution in [2.24, 2.45) is 5.73 Å². The molecule has 1 aliphatic heterocycles. The van der Waals surface area contributed by atoms with Crippen molar-refractivity contribution in [1.29, 1.82) is 0 Å². The van der Waals surface area contributed by atoms with E-state index < -0.39 is 0 Å². The average Bonchev–Trinajstić information content (AvgIpc) is 2.77. The fourth-order valence-corrected chi connectivity index (χ4v) is 4.48. The summed E-state index contributed by atoms with van der Waals surface area (Å²) in [4.78, 5) is 2.52. The molecule has 5 rings (SSSR count). The Labute approximate surface area is 119 Å². The Morgan fingerprint density at radius 2 is 1.90 bits per heavy atom. The van der Waals surface area contributed by atoms with Crippen LogP contribution < -0.4 is 5.73 Å². The van der Waals surface area contributed by atoms with Crippen LogP contribution in [-0.4, -0.2) is 18.5 Å². The molecule has 2 N–H and O–H groups in total. The van der Waals surface area contributed by atoms with Crippen molar-refractivity contribution in [2.45, 2.75) is 24.9 Å². The molecule has 2 nitrogen and oxygen atoms in total. The first-order valence-electron chi connectivity index (χ1n) is 7.49. The molecular weight excluding hydrogens is 244 g/mol. The highest BCUT2D eigenvalue weighted by Crippen LogP contribution is 2.53. The van der Waals surface area contributed by atoms with E-state index in [1.165, 1.54) is 34.2 Å². The minimum atomic E-state index is 0.0660. The molecule has 0 saturated heterocycles. The molecule has 20 heavy (non-hydrogen) atoms. The SMILES string of the molecule is CN1CCc2ccc3c4c2C1Cc1cccc(c1-4)C3N. The summed E-state index contributed by atoms with van der Waals surface area (Å²) in [6.45, 7) is 1.16. The maximum Gasteiger partial charge on any atom is 0.0564 e. The summed E-state index contributed by atoms with van der Waals surface area (Å²) >= 11 is 0. The van der Waals surface area contributed by atoms with E-state index in [2.05, 4.69) is 42.3 Å². The molecule has 2 aromatic carbocycles. The van der Waals surface area contributed by atoms with Crippen molar-refractivity contribution >= 4 is 0 Å². The van der Waals surface area contributed by atoms with Crippen LogP contribution in [0.4, 0.5) is 0 Å². The molecule has 2 aromatic rings. The van der Waals surface area contributed by atoms with Crippen molar-refractivity contribution in [3.63, 3.8) is 0 Å². The van der Waals surface area contributed by atoms with E-state index in [-0.39, 0.29) is 6.04 Å². The molecular formula is C18H18N2. The van der Waals surface area contributed by atoms with E-state index >= 15 is 0 Å². The number of likely N-dealkylation sites (N-methyl/N-ethyl adjacent to an activating group) is 1. The van der Waals surface area contributed by atoms with Gasteiger partial charge in [0.2, 0.25) is 0 Å². The minimum absolute atomic E-state index is 0.0660. The fraction of sp³-hybridized carbons (Fsp3) is 0.333. The summed E-state index contributed by atoms with van der Waals surface area (Å²) in [5.41, 5.74) is 16.7. The van der Waals surface area contributed by atoms with Crippen LogP contribution in [0.2, 0.25) is 0 Å². The van der Waals surface area contributed by atoms with Gasteiger partial charge in [-0.05, 0) is 58.8 Å². The standard InChI is InChI=1S/C18H18N2/c1-20-8-7-10-5-6-13-17-15-11(9-14(20)16(10)17)3-2-4-12(15)18(13)19/h2-6,14,18H,7-9,19H2,1H3. The third-order valence-corrected chi connectivity index (χ3v) is 5.48. The Morgan fingerprint density at radius 3 is 2.80 bits per heavy atom. The van der Waals surface area contributed by atoms with Gasteiger partial charge in [-0.3, -0.25) is 4.90 Å². The monoisotopic (exact) mass is 262 g/mol. The number of nitrogens with zero attached hydrogens (tertiary/aromatic N) is 1. The molecule has 0 saturated carbocycles. The van der Waals surface area contributed by atoms with Crippen LogP contribution in [0.25, 0.3) is 11.1 Å². The average molecular weight is 262 g/mol. The van der Waals surface area contributed by atoms with Gasteiger partial charge in [-0.15, -0.1) is 0 Å². The Kier molecular flexibility index (Phi) is 1.94. The first-order valence-corrected chi connectivity index (χ1v) is 7.49. The molecule has 3 aliphatic rings. The topological polar surface area (TPSA) is 29.3 Å². The van der Waals surface area contributed by atoms with E-state index in [4.69, 9.17) is 5.73 Å². The van der Waals surface area contributed by atoms with E-state index in [9.17, 15) is 0 Å². The summed E-state index contributed by atoms with van der Waals surface area (Å²) < 4.78 is 0. The molecule has 2 atom stereocenters. The van der Waals surface area contributed by atoms with Crippen molar-refractivity contribution in [1.82, 2.24) is 4.90 Å². The van der Waals surface area contributed by atoms with Crippen LogP contribution in [-0.2, 0) is 12.8 Å². The highest BCUT2D eigenvalue weighted by atomic mass is 15.1. The number of rotatable bonds is 0. The van der Waals surface area contributed by atoms with Crippen LogP contribution in [0.1, 0.15) is 39.9 Å². The fourth-order valence-electron chi connectivity index (χ4n) is 4.48. The van der Waals surface area contributed by atoms with Crippen LogP contribution >= 0.6 is 0 Å². The first-order chi connectivity index (χ1) is 9.75. The number of hydrogen-bond donors (Lipinski definition) is 1.